The van der Waals surface area contributed by atoms with E-state index in [1.54, 1.807) is 18.2 Å². The highest BCUT2D eigenvalue weighted by atomic mass is 35.5. The van der Waals surface area contributed by atoms with Crippen LogP contribution in [0.25, 0.3) is 0 Å². The van der Waals surface area contributed by atoms with Gasteiger partial charge in [0.2, 0.25) is 0 Å². The minimum absolute atomic E-state index is 0. The van der Waals surface area contributed by atoms with Crippen LogP contribution in [-0.2, 0) is 0 Å². The van der Waals surface area contributed by atoms with Crippen molar-refractivity contribution in [3.63, 3.8) is 0 Å². The number of benzene rings is 1. The van der Waals surface area contributed by atoms with Crippen molar-refractivity contribution >= 4 is 18.3 Å². The smallest absolute Gasteiger partial charge is 0.271 e. The maximum absolute atomic E-state index is 12.9. The molecule has 2 heterocycles. The molecule has 1 fully saturated rings. The number of hydrogen-bond donors (Lipinski definition) is 2. The van der Waals surface area contributed by atoms with Gasteiger partial charge in [-0.15, -0.1) is 12.4 Å². The molecule has 8 heteroatoms. The predicted octanol–water partition coefficient (Wildman–Crippen LogP) is 2.57. The lowest BCUT2D eigenvalue weighted by Gasteiger charge is -2.22. The fourth-order valence-electron chi connectivity index (χ4n) is 2.84. The minimum atomic E-state index is -0.308. The first-order valence-corrected chi connectivity index (χ1v) is 8.58. The van der Waals surface area contributed by atoms with E-state index in [1.165, 1.54) is 12.1 Å². The maximum Gasteiger partial charge on any atom is 0.271 e. The van der Waals surface area contributed by atoms with Gasteiger partial charge in [-0.2, -0.15) is 5.10 Å². The molecule has 0 saturated carbocycles. The average molecular weight is 383 g/mol. The van der Waals surface area contributed by atoms with Gasteiger partial charge < -0.3 is 15.4 Å². The molecule has 2 aromatic rings. The summed E-state index contributed by atoms with van der Waals surface area (Å²) in [6.07, 6.45) is 3.80. The van der Waals surface area contributed by atoms with Crippen molar-refractivity contribution < 1.29 is 13.9 Å². The van der Waals surface area contributed by atoms with Gasteiger partial charge in [0.1, 0.15) is 23.4 Å². The molecule has 26 heavy (non-hydrogen) atoms. The van der Waals surface area contributed by atoms with Crippen LogP contribution in [0.1, 0.15) is 36.3 Å². The number of carbonyl (C=O) groups excluding carboxylic acids is 1. The molecule has 142 valence electrons. The van der Waals surface area contributed by atoms with Crippen LogP contribution >= 0.6 is 12.4 Å². The second kappa shape index (κ2) is 9.54. The molecule has 1 amide bonds. The summed E-state index contributed by atoms with van der Waals surface area (Å²) < 4.78 is 20.4. The summed E-state index contributed by atoms with van der Waals surface area (Å²) in [6.45, 7) is 4.10. The molecule has 1 aromatic heterocycles. The number of nitrogens with zero attached hydrogens (tertiary/aromatic N) is 2. The van der Waals surface area contributed by atoms with Crippen LogP contribution in [0.3, 0.4) is 0 Å². The van der Waals surface area contributed by atoms with Gasteiger partial charge in [-0.3, -0.25) is 9.48 Å². The van der Waals surface area contributed by atoms with Crippen molar-refractivity contribution in [2.24, 2.45) is 0 Å². The van der Waals surface area contributed by atoms with Crippen LogP contribution in [0.15, 0.2) is 36.5 Å². The SMILES string of the molecule is CC(CNC(=O)c1ccn(C2CCCNC2)n1)Oc1ccc(F)cc1.Cl. The lowest BCUT2D eigenvalue weighted by molar-refractivity contribution is 0.0926. The van der Waals surface area contributed by atoms with Gasteiger partial charge in [0.05, 0.1) is 12.6 Å². The first-order valence-electron chi connectivity index (χ1n) is 8.58. The zero-order valence-corrected chi connectivity index (χ0v) is 15.5. The molecule has 2 unspecified atom stereocenters. The number of aromatic nitrogens is 2. The van der Waals surface area contributed by atoms with Gasteiger partial charge in [0, 0.05) is 12.7 Å². The molecule has 0 aliphatic carbocycles. The molecule has 6 nitrogen and oxygen atoms in total. The van der Waals surface area contributed by atoms with E-state index >= 15 is 0 Å². The van der Waals surface area contributed by atoms with E-state index in [1.807, 2.05) is 17.8 Å². The van der Waals surface area contributed by atoms with Crippen molar-refractivity contribution in [1.29, 1.82) is 0 Å². The van der Waals surface area contributed by atoms with Crippen LogP contribution in [0, 0.1) is 5.82 Å². The van der Waals surface area contributed by atoms with E-state index in [0.717, 1.165) is 25.9 Å². The van der Waals surface area contributed by atoms with Gasteiger partial charge in [-0.05, 0) is 56.6 Å². The Morgan fingerprint density at radius 2 is 2.19 bits per heavy atom. The van der Waals surface area contributed by atoms with Crippen molar-refractivity contribution in [2.45, 2.75) is 31.9 Å². The van der Waals surface area contributed by atoms with E-state index in [-0.39, 0.29) is 30.2 Å². The Hall–Kier alpha value is -2.12. The van der Waals surface area contributed by atoms with E-state index in [4.69, 9.17) is 4.74 Å². The molecule has 0 radical (unpaired) electrons. The number of carbonyl (C=O) groups is 1. The topological polar surface area (TPSA) is 68.2 Å². The standard InChI is InChI=1S/C18H23FN4O2.ClH/c1-13(25-16-6-4-14(19)5-7-16)11-21-18(24)17-8-10-23(22-17)15-3-2-9-20-12-15;/h4-8,10,13,15,20H,2-3,9,11-12H2,1H3,(H,21,24);1H. The normalized spacial score (nSPS) is 17.8. The molecule has 1 saturated heterocycles. The summed E-state index contributed by atoms with van der Waals surface area (Å²) in [5.74, 6) is 0.0337. The lowest BCUT2D eigenvalue weighted by atomic mass is 10.1. The number of nitrogens with one attached hydrogen (secondary N) is 2. The van der Waals surface area contributed by atoms with Gasteiger partial charge in [-0.25, -0.2) is 4.39 Å². The van der Waals surface area contributed by atoms with Gasteiger partial charge >= 0.3 is 0 Å². The van der Waals surface area contributed by atoms with Crippen molar-refractivity contribution in [1.82, 2.24) is 20.4 Å². The summed E-state index contributed by atoms with van der Waals surface area (Å²) in [6, 6.07) is 7.84. The molecule has 2 N–H and O–H groups in total. The highest BCUT2D eigenvalue weighted by molar-refractivity contribution is 5.92. The highest BCUT2D eigenvalue weighted by Crippen LogP contribution is 2.16. The Bertz CT molecular complexity index is 701. The average Bonchev–Trinajstić information content (AvgIpc) is 3.13. The third-order valence-corrected chi connectivity index (χ3v) is 4.19. The fraction of sp³-hybridized carbons (Fsp3) is 0.444. The Morgan fingerprint density at radius 1 is 1.42 bits per heavy atom. The van der Waals surface area contributed by atoms with Gasteiger partial charge in [0.15, 0.2) is 0 Å². The Morgan fingerprint density at radius 3 is 2.88 bits per heavy atom. The number of rotatable bonds is 6. The maximum atomic E-state index is 12.9. The summed E-state index contributed by atoms with van der Waals surface area (Å²) in [5, 5.41) is 10.5. The molecular weight excluding hydrogens is 359 g/mol. The molecule has 1 aliphatic heterocycles. The van der Waals surface area contributed by atoms with Crippen LogP contribution in [-0.4, -0.2) is 41.4 Å². The molecule has 1 aromatic carbocycles. The van der Waals surface area contributed by atoms with Crippen LogP contribution in [0.2, 0.25) is 0 Å². The van der Waals surface area contributed by atoms with E-state index in [9.17, 15) is 9.18 Å². The molecule has 0 bridgehead atoms. The van der Waals surface area contributed by atoms with Crippen molar-refractivity contribution in [3.8, 4) is 5.75 Å². The summed E-state index contributed by atoms with van der Waals surface area (Å²) in [7, 11) is 0. The molecule has 3 rings (SSSR count). The summed E-state index contributed by atoms with van der Waals surface area (Å²) in [4.78, 5) is 12.2. The predicted molar refractivity (Wildman–Crippen MR) is 99.4 cm³/mol. The van der Waals surface area contributed by atoms with Crippen LogP contribution in [0.5, 0.6) is 5.75 Å². The van der Waals surface area contributed by atoms with Crippen molar-refractivity contribution in [3.05, 3.63) is 48.0 Å². The third kappa shape index (κ3) is 5.44. The summed E-state index contributed by atoms with van der Waals surface area (Å²) >= 11 is 0. The molecule has 2 atom stereocenters. The van der Waals surface area contributed by atoms with E-state index < -0.39 is 0 Å². The Labute approximate surface area is 158 Å². The number of halogens is 2. The fourth-order valence-corrected chi connectivity index (χ4v) is 2.84. The number of amides is 1. The number of hydrogen-bond acceptors (Lipinski definition) is 4. The van der Waals surface area contributed by atoms with Crippen LogP contribution in [0.4, 0.5) is 4.39 Å². The van der Waals surface area contributed by atoms with E-state index in [2.05, 4.69) is 15.7 Å². The monoisotopic (exact) mass is 382 g/mol. The molecule has 1 aliphatic rings. The summed E-state index contributed by atoms with van der Waals surface area (Å²) in [5.41, 5.74) is 0.402. The minimum Gasteiger partial charge on any atom is -0.489 e. The Balaban J connectivity index is 0.00000243. The second-order valence-corrected chi connectivity index (χ2v) is 6.27. The first kappa shape index (κ1) is 20.2. The largest absolute Gasteiger partial charge is 0.489 e. The number of ether oxygens (including phenoxy) is 1. The second-order valence-electron chi connectivity index (χ2n) is 6.27. The Kier molecular flexibility index (Phi) is 7.41. The lowest BCUT2D eigenvalue weighted by Crippen LogP contribution is -2.34. The zero-order valence-electron chi connectivity index (χ0n) is 14.7. The van der Waals surface area contributed by atoms with Crippen molar-refractivity contribution in [2.75, 3.05) is 19.6 Å². The number of piperidine rings is 1. The quantitative estimate of drug-likeness (QED) is 0.805. The van der Waals surface area contributed by atoms with E-state index in [0.29, 0.717) is 24.0 Å². The third-order valence-electron chi connectivity index (χ3n) is 4.19. The molecular formula is C18H24ClFN4O2. The van der Waals surface area contributed by atoms with Crippen LogP contribution < -0.4 is 15.4 Å². The van der Waals surface area contributed by atoms with Gasteiger partial charge in [-0.1, -0.05) is 0 Å². The zero-order chi connectivity index (χ0) is 17.6. The van der Waals surface area contributed by atoms with Gasteiger partial charge in [0.25, 0.3) is 5.91 Å². The highest BCUT2D eigenvalue weighted by Gasteiger charge is 2.18. The first-order chi connectivity index (χ1) is 12.1. The molecule has 0 spiro atoms.